The maximum Gasteiger partial charge on any atom is 0.241 e. The second kappa shape index (κ2) is 9.50. The van der Waals surface area contributed by atoms with Crippen LogP contribution in [0.15, 0.2) is 24.3 Å². The molecule has 2 amide bonds. The van der Waals surface area contributed by atoms with E-state index in [1.54, 1.807) is 12.1 Å². The van der Waals surface area contributed by atoms with E-state index in [4.69, 9.17) is 11.6 Å². The monoisotopic (exact) mass is 393 g/mol. The van der Waals surface area contributed by atoms with Gasteiger partial charge in [-0.25, -0.2) is 5.43 Å². The smallest absolute Gasteiger partial charge is 0.241 e. The van der Waals surface area contributed by atoms with Crippen LogP contribution in [-0.4, -0.2) is 66.4 Å². The van der Waals surface area contributed by atoms with Crippen molar-refractivity contribution in [2.45, 2.75) is 38.3 Å². The van der Waals surface area contributed by atoms with Crippen molar-refractivity contribution >= 4 is 29.1 Å². The van der Waals surface area contributed by atoms with Crippen molar-refractivity contribution in [1.82, 2.24) is 20.7 Å². The lowest BCUT2D eigenvalue weighted by atomic mass is 10.1. The van der Waals surface area contributed by atoms with E-state index in [9.17, 15) is 9.59 Å². The number of amides is 2. The van der Waals surface area contributed by atoms with Gasteiger partial charge in [0, 0.05) is 32.2 Å². The lowest BCUT2D eigenvalue weighted by Crippen LogP contribution is -2.54. The standard InChI is InChI=1S/C19H28ClN5O2/c1-2-5-14-12-17(23-22-14)19(27)25-10-8-24(9-11-25)13-18(26)21-16-7-4-3-6-15(16)20/h3-4,6-7,14,17,22-23H,2,5,8-13H2,1H3,(H,21,26). The van der Waals surface area contributed by atoms with E-state index in [1.165, 1.54) is 0 Å². The van der Waals surface area contributed by atoms with Gasteiger partial charge in [0.1, 0.15) is 6.04 Å². The molecular weight excluding hydrogens is 366 g/mol. The summed E-state index contributed by atoms with van der Waals surface area (Å²) >= 11 is 6.07. The van der Waals surface area contributed by atoms with Gasteiger partial charge >= 0.3 is 0 Å². The Bertz CT molecular complexity index is 663. The average molecular weight is 394 g/mol. The predicted octanol–water partition coefficient (Wildman–Crippen LogP) is 1.46. The normalized spacial score (nSPS) is 23.4. The van der Waals surface area contributed by atoms with E-state index >= 15 is 0 Å². The fourth-order valence-corrected chi connectivity index (χ4v) is 3.81. The van der Waals surface area contributed by atoms with Gasteiger partial charge < -0.3 is 10.2 Å². The highest BCUT2D eigenvalue weighted by Gasteiger charge is 2.33. The highest BCUT2D eigenvalue weighted by molar-refractivity contribution is 6.33. The predicted molar refractivity (Wildman–Crippen MR) is 106 cm³/mol. The van der Waals surface area contributed by atoms with Crippen LogP contribution in [0.3, 0.4) is 0 Å². The third kappa shape index (κ3) is 5.42. The highest BCUT2D eigenvalue weighted by atomic mass is 35.5. The molecule has 0 spiro atoms. The number of hydrogen-bond donors (Lipinski definition) is 3. The number of rotatable bonds is 6. The van der Waals surface area contributed by atoms with Crippen LogP contribution in [0.1, 0.15) is 26.2 Å². The first-order chi connectivity index (χ1) is 13.1. The Morgan fingerprint density at radius 3 is 2.63 bits per heavy atom. The van der Waals surface area contributed by atoms with Gasteiger partial charge in [0.15, 0.2) is 0 Å². The topological polar surface area (TPSA) is 76.7 Å². The lowest BCUT2D eigenvalue weighted by molar-refractivity contribution is -0.135. The zero-order chi connectivity index (χ0) is 19.2. The fourth-order valence-electron chi connectivity index (χ4n) is 3.62. The molecule has 2 saturated heterocycles. The average Bonchev–Trinajstić information content (AvgIpc) is 3.13. The summed E-state index contributed by atoms with van der Waals surface area (Å²) in [6.07, 6.45) is 3.02. The van der Waals surface area contributed by atoms with Gasteiger partial charge in [0.05, 0.1) is 17.3 Å². The van der Waals surface area contributed by atoms with E-state index in [0.717, 1.165) is 19.3 Å². The summed E-state index contributed by atoms with van der Waals surface area (Å²) < 4.78 is 0. The molecule has 3 rings (SSSR count). The zero-order valence-electron chi connectivity index (χ0n) is 15.7. The van der Waals surface area contributed by atoms with Crippen LogP contribution in [0.5, 0.6) is 0 Å². The Morgan fingerprint density at radius 1 is 1.19 bits per heavy atom. The van der Waals surface area contributed by atoms with Crippen molar-refractivity contribution in [3.8, 4) is 0 Å². The first kappa shape index (κ1) is 20.1. The minimum atomic E-state index is -0.142. The number of hydrogen-bond acceptors (Lipinski definition) is 5. The van der Waals surface area contributed by atoms with Crippen LogP contribution in [0, 0.1) is 0 Å². The summed E-state index contributed by atoms with van der Waals surface area (Å²) in [5.74, 6) is 0.0632. The van der Waals surface area contributed by atoms with E-state index in [1.807, 2.05) is 17.0 Å². The molecule has 2 heterocycles. The van der Waals surface area contributed by atoms with Crippen LogP contribution in [0.25, 0.3) is 0 Å². The van der Waals surface area contributed by atoms with E-state index < -0.39 is 0 Å². The molecule has 1 aromatic carbocycles. The molecule has 0 bridgehead atoms. The number of anilines is 1. The molecule has 2 atom stereocenters. The number of nitrogens with zero attached hydrogens (tertiary/aromatic N) is 2. The summed E-state index contributed by atoms with van der Waals surface area (Å²) in [6.45, 7) is 5.14. The molecule has 2 fully saturated rings. The van der Waals surface area contributed by atoms with Crippen molar-refractivity contribution in [2.24, 2.45) is 0 Å². The second-order valence-electron chi connectivity index (χ2n) is 7.19. The van der Waals surface area contributed by atoms with Crippen LogP contribution in [-0.2, 0) is 9.59 Å². The molecule has 0 saturated carbocycles. The largest absolute Gasteiger partial charge is 0.339 e. The van der Waals surface area contributed by atoms with E-state index in [2.05, 4.69) is 28.0 Å². The van der Waals surface area contributed by atoms with Gasteiger partial charge in [-0.2, -0.15) is 0 Å². The number of piperazine rings is 1. The van der Waals surface area contributed by atoms with Crippen molar-refractivity contribution in [2.75, 3.05) is 38.0 Å². The maximum absolute atomic E-state index is 12.7. The number of nitrogens with one attached hydrogen (secondary N) is 3. The van der Waals surface area contributed by atoms with Crippen LogP contribution in [0.4, 0.5) is 5.69 Å². The van der Waals surface area contributed by atoms with E-state index in [-0.39, 0.29) is 17.9 Å². The number of benzene rings is 1. The van der Waals surface area contributed by atoms with Gasteiger partial charge in [-0.15, -0.1) is 0 Å². The number of carbonyl (C=O) groups is 2. The second-order valence-corrected chi connectivity index (χ2v) is 7.60. The third-order valence-electron chi connectivity index (χ3n) is 5.12. The van der Waals surface area contributed by atoms with E-state index in [0.29, 0.717) is 49.5 Å². The molecule has 1 aromatic rings. The molecule has 0 radical (unpaired) electrons. The van der Waals surface area contributed by atoms with Crippen molar-refractivity contribution < 1.29 is 9.59 Å². The molecule has 2 aliphatic rings. The Kier molecular flexibility index (Phi) is 7.07. The minimum Gasteiger partial charge on any atom is -0.339 e. The highest BCUT2D eigenvalue weighted by Crippen LogP contribution is 2.20. The van der Waals surface area contributed by atoms with Crippen LogP contribution < -0.4 is 16.2 Å². The summed E-state index contributed by atoms with van der Waals surface area (Å²) in [5, 5.41) is 3.37. The minimum absolute atomic E-state index is 0.0908. The van der Waals surface area contributed by atoms with Crippen molar-refractivity contribution in [3.63, 3.8) is 0 Å². The molecule has 2 aliphatic heterocycles. The maximum atomic E-state index is 12.7. The number of hydrazine groups is 1. The Hall–Kier alpha value is -1.67. The summed E-state index contributed by atoms with van der Waals surface area (Å²) in [4.78, 5) is 28.9. The van der Waals surface area contributed by atoms with Gasteiger partial charge in [-0.05, 0) is 25.0 Å². The van der Waals surface area contributed by atoms with Gasteiger partial charge in [-0.1, -0.05) is 37.1 Å². The first-order valence-electron chi connectivity index (χ1n) is 9.63. The van der Waals surface area contributed by atoms with Crippen LogP contribution >= 0.6 is 11.6 Å². The van der Waals surface area contributed by atoms with Gasteiger partial charge in [0.2, 0.25) is 11.8 Å². The lowest BCUT2D eigenvalue weighted by Gasteiger charge is -2.35. The summed E-state index contributed by atoms with van der Waals surface area (Å²) in [7, 11) is 0. The van der Waals surface area contributed by atoms with Gasteiger partial charge in [-0.3, -0.25) is 19.9 Å². The number of halogens is 1. The Labute approximate surface area is 165 Å². The molecule has 0 aliphatic carbocycles. The third-order valence-corrected chi connectivity index (χ3v) is 5.45. The van der Waals surface area contributed by atoms with Crippen molar-refractivity contribution in [3.05, 3.63) is 29.3 Å². The fraction of sp³-hybridized carbons (Fsp3) is 0.579. The molecule has 0 aromatic heterocycles. The molecule has 148 valence electrons. The first-order valence-corrected chi connectivity index (χ1v) is 10.0. The van der Waals surface area contributed by atoms with Crippen LogP contribution in [0.2, 0.25) is 5.02 Å². The van der Waals surface area contributed by atoms with Gasteiger partial charge in [0.25, 0.3) is 0 Å². The molecule has 2 unspecified atom stereocenters. The molecular formula is C19H28ClN5O2. The molecule has 3 N–H and O–H groups in total. The van der Waals surface area contributed by atoms with Crippen molar-refractivity contribution in [1.29, 1.82) is 0 Å². The number of carbonyl (C=O) groups excluding carboxylic acids is 2. The quantitative estimate of drug-likeness (QED) is 0.682. The SMILES string of the molecule is CCCC1CC(C(=O)N2CCN(CC(=O)Nc3ccccc3Cl)CC2)NN1. The summed E-state index contributed by atoms with van der Waals surface area (Å²) in [5.41, 5.74) is 6.98. The molecule has 27 heavy (non-hydrogen) atoms. The Morgan fingerprint density at radius 2 is 1.93 bits per heavy atom. The zero-order valence-corrected chi connectivity index (χ0v) is 16.5. The number of para-hydroxylation sites is 1. The summed E-state index contributed by atoms with van der Waals surface area (Å²) in [6, 6.07) is 7.43. The molecule has 8 heteroatoms. The Balaban J connectivity index is 1.42. The molecule has 7 nitrogen and oxygen atoms in total.